The summed E-state index contributed by atoms with van der Waals surface area (Å²) in [5, 5.41) is 23.7. The van der Waals surface area contributed by atoms with Crippen LogP contribution in [0.5, 0.6) is 0 Å². The smallest absolute Gasteiger partial charge is 0.209 e. The molecule has 0 fully saturated rings. The lowest BCUT2D eigenvalue weighted by Crippen LogP contribution is -2.34. The van der Waals surface area contributed by atoms with Crippen LogP contribution in [0.1, 0.15) is 49.6 Å². The van der Waals surface area contributed by atoms with Crippen molar-refractivity contribution in [2.75, 3.05) is 6.54 Å². The van der Waals surface area contributed by atoms with E-state index in [0.29, 0.717) is 5.56 Å². The van der Waals surface area contributed by atoms with Gasteiger partial charge < -0.3 is 9.67 Å². The number of carbonyl (C=O) groups is 1. The average Bonchev–Trinajstić information content (AvgIpc) is 3.20. The molecule has 0 bridgehead atoms. The molecule has 1 aliphatic carbocycles. The Morgan fingerprint density at radius 3 is 2.62 bits per heavy atom. The molecule has 0 spiro atoms. The normalized spacial score (nSPS) is 18.0. The molecule has 0 amide bonds. The van der Waals surface area contributed by atoms with Crippen LogP contribution >= 0.6 is 0 Å². The molecule has 0 atom stereocenters. The SMILES string of the molecule is CCC[N+]1=C(/C=C2/C(=O)C(c3c(C)n(C)c4ccccc34)=C2[O-])C(C)(C)c2cc(C#N)ccc21. The van der Waals surface area contributed by atoms with Gasteiger partial charge in [0.05, 0.1) is 17.0 Å². The minimum Gasteiger partial charge on any atom is -0.871 e. The van der Waals surface area contributed by atoms with Gasteiger partial charge in [-0.15, -0.1) is 0 Å². The third kappa shape index (κ3) is 2.85. The van der Waals surface area contributed by atoms with Crippen LogP contribution in [0, 0.1) is 18.3 Å². The summed E-state index contributed by atoms with van der Waals surface area (Å²) in [6.07, 6.45) is 2.70. The van der Waals surface area contributed by atoms with E-state index in [-0.39, 0.29) is 22.7 Å². The van der Waals surface area contributed by atoms with E-state index in [1.54, 1.807) is 6.08 Å². The monoisotopic (exact) mass is 449 g/mol. The van der Waals surface area contributed by atoms with Crippen molar-refractivity contribution >= 4 is 33.7 Å². The zero-order chi connectivity index (χ0) is 24.4. The fourth-order valence-corrected chi connectivity index (χ4v) is 5.41. The van der Waals surface area contributed by atoms with E-state index in [1.165, 1.54) is 0 Å². The van der Waals surface area contributed by atoms with Gasteiger partial charge in [-0.1, -0.05) is 30.9 Å². The number of fused-ring (bicyclic) bond motifs is 2. The quantitative estimate of drug-likeness (QED) is 0.437. The first-order chi connectivity index (χ1) is 16.2. The first-order valence-corrected chi connectivity index (χ1v) is 11.6. The minimum atomic E-state index is -0.434. The van der Waals surface area contributed by atoms with Crippen molar-refractivity contribution in [3.8, 4) is 6.07 Å². The molecule has 2 heterocycles. The van der Waals surface area contributed by atoms with Gasteiger partial charge in [0.15, 0.2) is 11.5 Å². The van der Waals surface area contributed by atoms with Gasteiger partial charge in [-0.3, -0.25) is 4.79 Å². The fourth-order valence-electron chi connectivity index (χ4n) is 5.41. The Balaban J connectivity index is 1.67. The highest BCUT2D eigenvalue weighted by Gasteiger charge is 2.45. The summed E-state index contributed by atoms with van der Waals surface area (Å²) in [5.41, 5.74) is 6.35. The van der Waals surface area contributed by atoms with Crippen LogP contribution < -0.4 is 5.11 Å². The number of hydrogen-bond acceptors (Lipinski definition) is 3. The zero-order valence-corrected chi connectivity index (χ0v) is 20.2. The number of aryl methyl sites for hydroxylation is 1. The standard InChI is InChI=1S/C29H27N3O2/c1-6-13-32-23-12-11-18(16-30)14-21(23)29(3,4)24(32)15-20-27(33)26(28(20)34)25-17(2)31(5)22-10-8-7-9-19(22)25/h7-12,14-15H,6,13H2,1-5H3. The fraction of sp³-hybridized carbons (Fsp3) is 0.276. The van der Waals surface area contributed by atoms with Crippen molar-refractivity contribution in [1.29, 1.82) is 5.26 Å². The number of nitrogens with zero attached hydrogens (tertiary/aromatic N) is 3. The maximum atomic E-state index is 13.4. The van der Waals surface area contributed by atoms with Gasteiger partial charge in [-0.25, -0.2) is 0 Å². The van der Waals surface area contributed by atoms with Gasteiger partial charge in [-0.2, -0.15) is 9.84 Å². The summed E-state index contributed by atoms with van der Waals surface area (Å²) in [6.45, 7) is 8.99. The van der Waals surface area contributed by atoms with Crippen molar-refractivity contribution in [2.24, 2.45) is 7.05 Å². The Kier molecular flexibility index (Phi) is 4.87. The number of aromatic nitrogens is 1. The first-order valence-electron chi connectivity index (χ1n) is 11.6. The summed E-state index contributed by atoms with van der Waals surface area (Å²) in [6, 6.07) is 15.8. The summed E-state index contributed by atoms with van der Waals surface area (Å²) in [7, 11) is 1.96. The van der Waals surface area contributed by atoms with Gasteiger partial charge in [0.1, 0.15) is 6.54 Å². The van der Waals surface area contributed by atoms with E-state index >= 15 is 0 Å². The second-order valence-electron chi connectivity index (χ2n) is 9.63. The van der Waals surface area contributed by atoms with Crippen LogP contribution in [0.2, 0.25) is 0 Å². The number of allylic oxidation sites excluding steroid dienone is 3. The van der Waals surface area contributed by atoms with E-state index in [9.17, 15) is 15.2 Å². The predicted octanol–water partition coefficient (Wildman–Crippen LogP) is 4.43. The van der Waals surface area contributed by atoms with Crippen LogP contribution in [0.15, 0.2) is 59.9 Å². The van der Waals surface area contributed by atoms with E-state index < -0.39 is 5.41 Å². The molecule has 5 nitrogen and oxygen atoms in total. The number of benzene rings is 2. The summed E-state index contributed by atoms with van der Waals surface area (Å²) in [4.78, 5) is 13.4. The number of nitriles is 1. The number of hydrogen-bond donors (Lipinski definition) is 0. The molecule has 5 heteroatoms. The van der Waals surface area contributed by atoms with Crippen LogP contribution in [-0.4, -0.2) is 27.2 Å². The number of ketones is 1. The van der Waals surface area contributed by atoms with Gasteiger partial charge in [-0.05, 0) is 39.0 Å². The van der Waals surface area contributed by atoms with Gasteiger partial charge in [0, 0.05) is 64.5 Å². The van der Waals surface area contributed by atoms with Crippen molar-refractivity contribution < 1.29 is 14.5 Å². The Labute approximate surface area is 199 Å². The molecule has 0 radical (unpaired) electrons. The average molecular weight is 450 g/mol. The molecule has 2 aromatic carbocycles. The highest BCUT2D eigenvalue weighted by molar-refractivity contribution is 6.41. The molecule has 0 N–H and O–H groups in total. The molecular formula is C29H27N3O2. The highest BCUT2D eigenvalue weighted by Crippen LogP contribution is 2.44. The molecule has 0 saturated carbocycles. The number of rotatable bonds is 4. The van der Waals surface area contributed by atoms with Crippen molar-refractivity contribution in [3.05, 3.63) is 82.3 Å². The maximum absolute atomic E-state index is 13.4. The molecule has 1 aliphatic heterocycles. The minimum absolute atomic E-state index is 0.196. The van der Waals surface area contributed by atoms with Crippen molar-refractivity contribution in [3.63, 3.8) is 0 Å². The highest BCUT2D eigenvalue weighted by atomic mass is 16.3. The lowest BCUT2D eigenvalue weighted by Gasteiger charge is -2.31. The van der Waals surface area contributed by atoms with E-state index in [4.69, 9.17) is 0 Å². The first kappa shape index (κ1) is 21.9. The number of carbonyl (C=O) groups excluding carboxylic acids is 1. The van der Waals surface area contributed by atoms with Gasteiger partial charge in [0.25, 0.3) is 0 Å². The maximum Gasteiger partial charge on any atom is 0.209 e. The molecule has 170 valence electrons. The molecule has 34 heavy (non-hydrogen) atoms. The van der Waals surface area contributed by atoms with Gasteiger partial charge >= 0.3 is 0 Å². The molecule has 0 saturated heterocycles. The summed E-state index contributed by atoms with van der Waals surface area (Å²) >= 11 is 0. The van der Waals surface area contributed by atoms with Crippen molar-refractivity contribution in [1.82, 2.24) is 4.57 Å². The predicted molar refractivity (Wildman–Crippen MR) is 132 cm³/mol. The molecule has 5 rings (SSSR count). The zero-order valence-electron chi connectivity index (χ0n) is 20.2. The molecular weight excluding hydrogens is 422 g/mol. The Bertz CT molecular complexity index is 1540. The van der Waals surface area contributed by atoms with E-state index in [2.05, 4.69) is 31.4 Å². The summed E-state index contributed by atoms with van der Waals surface area (Å²) < 4.78 is 4.21. The lowest BCUT2D eigenvalue weighted by atomic mass is 9.77. The largest absolute Gasteiger partial charge is 0.871 e. The Morgan fingerprint density at radius 2 is 1.94 bits per heavy atom. The number of Topliss-reactive ketones (excluding diaryl/α,β-unsaturated/α-hetero) is 1. The Morgan fingerprint density at radius 1 is 1.21 bits per heavy atom. The van der Waals surface area contributed by atoms with Crippen LogP contribution in [0.3, 0.4) is 0 Å². The van der Waals surface area contributed by atoms with Gasteiger partial charge in [0.2, 0.25) is 5.69 Å². The molecule has 3 aromatic rings. The topological polar surface area (TPSA) is 71.9 Å². The lowest BCUT2D eigenvalue weighted by molar-refractivity contribution is -0.437. The third-order valence-corrected chi connectivity index (χ3v) is 7.34. The van der Waals surface area contributed by atoms with Crippen LogP contribution in [0.25, 0.3) is 16.5 Å². The van der Waals surface area contributed by atoms with Crippen LogP contribution in [-0.2, 0) is 17.3 Å². The second kappa shape index (κ2) is 7.56. The van der Waals surface area contributed by atoms with E-state index in [1.807, 2.05) is 61.0 Å². The number of para-hydroxylation sites is 1. The van der Waals surface area contributed by atoms with Crippen molar-refractivity contribution in [2.45, 2.75) is 39.5 Å². The Hall–Kier alpha value is -3.91. The summed E-state index contributed by atoms with van der Waals surface area (Å²) in [5.74, 6) is -0.393. The third-order valence-electron chi connectivity index (χ3n) is 7.34. The molecule has 1 aromatic heterocycles. The molecule has 2 aliphatic rings. The molecule has 0 unspecified atom stereocenters. The van der Waals surface area contributed by atoms with E-state index in [0.717, 1.165) is 52.1 Å². The van der Waals surface area contributed by atoms with Crippen LogP contribution in [0.4, 0.5) is 5.69 Å². The second-order valence-corrected chi connectivity index (χ2v) is 9.63.